The number of carbonyl (C=O) groups excluding carboxylic acids is 2. The minimum absolute atomic E-state index is 0.0770. The van der Waals surface area contributed by atoms with Crippen molar-refractivity contribution in [3.05, 3.63) is 17.5 Å². The van der Waals surface area contributed by atoms with Crippen molar-refractivity contribution in [2.75, 3.05) is 6.54 Å². The lowest BCUT2D eigenvalue weighted by molar-refractivity contribution is -0.153. The van der Waals surface area contributed by atoms with Crippen LogP contribution in [0.1, 0.15) is 49.9 Å². The third kappa shape index (κ3) is 2.81. The van der Waals surface area contributed by atoms with Crippen molar-refractivity contribution in [1.82, 2.24) is 20.4 Å². The summed E-state index contributed by atoms with van der Waals surface area (Å²) in [7, 11) is 0. The predicted molar refractivity (Wildman–Crippen MR) is 85.8 cm³/mol. The standard InChI is InChI=1S/C17H24N4O3/c22-15-9-14(17(24-15)4-2-1-3-5-17)16(23)19-10-12-8-13-11-18-6-7-21(13)20-12/h8,14,18H,1-7,9-11H2,(H,19,23)/t14-/m0/s1. The molecule has 1 aromatic rings. The van der Waals surface area contributed by atoms with Gasteiger partial charge < -0.3 is 15.4 Å². The minimum Gasteiger partial charge on any atom is -0.458 e. The molecular weight excluding hydrogens is 308 g/mol. The van der Waals surface area contributed by atoms with Crippen molar-refractivity contribution in [2.24, 2.45) is 5.92 Å². The summed E-state index contributed by atoms with van der Waals surface area (Å²) in [4.78, 5) is 24.5. The van der Waals surface area contributed by atoms with Crippen LogP contribution in [0.5, 0.6) is 0 Å². The van der Waals surface area contributed by atoms with Crippen molar-refractivity contribution in [1.29, 1.82) is 0 Å². The molecule has 0 radical (unpaired) electrons. The van der Waals surface area contributed by atoms with Crippen molar-refractivity contribution in [3.63, 3.8) is 0 Å². The van der Waals surface area contributed by atoms with E-state index >= 15 is 0 Å². The number of rotatable bonds is 3. The lowest BCUT2D eigenvalue weighted by Gasteiger charge is -2.35. The molecule has 24 heavy (non-hydrogen) atoms. The van der Waals surface area contributed by atoms with Crippen LogP contribution in [0.25, 0.3) is 0 Å². The van der Waals surface area contributed by atoms with Crippen LogP contribution in [-0.2, 0) is 34.0 Å². The lowest BCUT2D eigenvalue weighted by Crippen LogP contribution is -2.45. The summed E-state index contributed by atoms with van der Waals surface area (Å²) in [6.07, 6.45) is 5.02. The van der Waals surface area contributed by atoms with Crippen LogP contribution in [0.4, 0.5) is 0 Å². The Labute approximate surface area is 141 Å². The number of hydrogen-bond donors (Lipinski definition) is 2. The van der Waals surface area contributed by atoms with Crippen LogP contribution in [-0.4, -0.2) is 33.8 Å². The lowest BCUT2D eigenvalue weighted by atomic mass is 9.75. The van der Waals surface area contributed by atoms with E-state index in [2.05, 4.69) is 15.7 Å². The molecule has 3 heterocycles. The molecule has 130 valence electrons. The number of hydrogen-bond acceptors (Lipinski definition) is 5. The van der Waals surface area contributed by atoms with Gasteiger partial charge in [0.15, 0.2) is 0 Å². The number of carbonyl (C=O) groups is 2. The topological polar surface area (TPSA) is 85.2 Å². The third-order valence-corrected chi connectivity index (χ3v) is 5.50. The van der Waals surface area contributed by atoms with Gasteiger partial charge in [0.2, 0.25) is 5.91 Å². The highest BCUT2D eigenvalue weighted by Crippen LogP contribution is 2.44. The smallest absolute Gasteiger partial charge is 0.307 e. The average molecular weight is 332 g/mol. The molecule has 1 aliphatic carbocycles. The van der Waals surface area contributed by atoms with Crippen molar-refractivity contribution >= 4 is 11.9 Å². The van der Waals surface area contributed by atoms with Crippen LogP contribution in [0.15, 0.2) is 6.07 Å². The van der Waals surface area contributed by atoms with Crippen LogP contribution in [0, 0.1) is 5.92 Å². The SMILES string of the molecule is O=C1C[C@@H](C(=O)NCc2cc3n(n2)CCNC3)C2(CCCCC2)O1. The summed E-state index contributed by atoms with van der Waals surface area (Å²) in [5, 5.41) is 10.8. The fourth-order valence-electron chi connectivity index (χ4n) is 4.26. The molecule has 1 saturated carbocycles. The van der Waals surface area contributed by atoms with E-state index in [1.165, 1.54) is 0 Å². The molecule has 3 aliphatic rings. The van der Waals surface area contributed by atoms with Crippen molar-refractivity contribution in [2.45, 2.75) is 63.8 Å². The van der Waals surface area contributed by atoms with Crippen molar-refractivity contribution in [3.8, 4) is 0 Å². The van der Waals surface area contributed by atoms with E-state index < -0.39 is 5.60 Å². The Kier molecular flexibility index (Phi) is 4.04. The normalized spacial score (nSPS) is 25.3. The number of amides is 1. The minimum atomic E-state index is -0.559. The van der Waals surface area contributed by atoms with Gasteiger partial charge in [-0.25, -0.2) is 0 Å². The Morgan fingerprint density at radius 1 is 1.42 bits per heavy atom. The maximum absolute atomic E-state index is 12.7. The molecule has 0 aromatic carbocycles. The summed E-state index contributed by atoms with van der Waals surface area (Å²) in [6, 6.07) is 2.03. The van der Waals surface area contributed by atoms with Gasteiger partial charge >= 0.3 is 5.97 Å². The highest BCUT2D eigenvalue weighted by molar-refractivity contribution is 5.87. The Morgan fingerprint density at radius 2 is 2.25 bits per heavy atom. The number of esters is 1. The number of fused-ring (bicyclic) bond motifs is 1. The largest absolute Gasteiger partial charge is 0.458 e. The highest BCUT2D eigenvalue weighted by Gasteiger charge is 2.52. The quantitative estimate of drug-likeness (QED) is 0.802. The maximum Gasteiger partial charge on any atom is 0.307 e. The molecule has 0 bridgehead atoms. The first-order valence-electron chi connectivity index (χ1n) is 8.92. The van der Waals surface area contributed by atoms with Crippen LogP contribution < -0.4 is 10.6 Å². The summed E-state index contributed by atoms with van der Waals surface area (Å²) in [5.41, 5.74) is 1.45. The average Bonchev–Trinajstić information content (AvgIpc) is 3.14. The molecule has 2 N–H and O–H groups in total. The van der Waals surface area contributed by atoms with E-state index in [1.807, 2.05) is 10.7 Å². The first kappa shape index (κ1) is 15.6. The van der Waals surface area contributed by atoms with Gasteiger partial charge in [-0.1, -0.05) is 6.42 Å². The molecule has 1 amide bonds. The molecule has 2 aliphatic heterocycles. The molecule has 1 saturated heterocycles. The fourth-order valence-corrected chi connectivity index (χ4v) is 4.26. The zero-order valence-corrected chi connectivity index (χ0v) is 13.8. The van der Waals surface area contributed by atoms with Gasteiger partial charge in [-0.15, -0.1) is 0 Å². The highest BCUT2D eigenvalue weighted by atomic mass is 16.6. The zero-order valence-electron chi connectivity index (χ0n) is 13.8. The van der Waals surface area contributed by atoms with E-state index in [9.17, 15) is 9.59 Å². The molecule has 7 heteroatoms. The second kappa shape index (κ2) is 6.20. The van der Waals surface area contributed by atoms with E-state index in [0.29, 0.717) is 6.54 Å². The first-order valence-corrected chi connectivity index (χ1v) is 8.92. The summed E-state index contributed by atoms with van der Waals surface area (Å²) >= 11 is 0. The third-order valence-electron chi connectivity index (χ3n) is 5.50. The Hall–Kier alpha value is -1.89. The van der Waals surface area contributed by atoms with Gasteiger partial charge in [0.1, 0.15) is 5.60 Å². The summed E-state index contributed by atoms with van der Waals surface area (Å²) in [6.45, 7) is 3.00. The molecule has 4 rings (SSSR count). The number of nitrogens with zero attached hydrogens (tertiary/aromatic N) is 2. The number of nitrogens with one attached hydrogen (secondary N) is 2. The molecule has 0 unspecified atom stereocenters. The molecule has 1 atom stereocenters. The number of aromatic nitrogens is 2. The van der Waals surface area contributed by atoms with Gasteiger partial charge in [-0.2, -0.15) is 5.10 Å². The fraction of sp³-hybridized carbons (Fsp3) is 0.706. The van der Waals surface area contributed by atoms with Gasteiger partial charge in [0.25, 0.3) is 0 Å². The zero-order chi connectivity index (χ0) is 16.6. The molecule has 1 spiro atoms. The second-order valence-corrected chi connectivity index (χ2v) is 7.10. The Balaban J connectivity index is 1.41. The van der Waals surface area contributed by atoms with Crippen LogP contribution in [0.2, 0.25) is 0 Å². The maximum atomic E-state index is 12.7. The Bertz CT molecular complexity index is 625. The molecule has 7 nitrogen and oxygen atoms in total. The van der Waals surface area contributed by atoms with Gasteiger partial charge in [-0.3, -0.25) is 14.3 Å². The summed E-state index contributed by atoms with van der Waals surface area (Å²) < 4.78 is 7.60. The van der Waals surface area contributed by atoms with E-state index in [1.54, 1.807) is 0 Å². The van der Waals surface area contributed by atoms with E-state index in [4.69, 9.17) is 4.74 Å². The monoisotopic (exact) mass is 332 g/mol. The van der Waals surface area contributed by atoms with E-state index in [-0.39, 0.29) is 24.2 Å². The first-order chi connectivity index (χ1) is 11.7. The van der Waals surface area contributed by atoms with Gasteiger partial charge in [0.05, 0.1) is 36.8 Å². The number of ether oxygens (including phenoxy) is 1. The van der Waals surface area contributed by atoms with Crippen molar-refractivity contribution < 1.29 is 14.3 Å². The van der Waals surface area contributed by atoms with Gasteiger partial charge in [0, 0.05) is 13.1 Å². The molecule has 1 aromatic heterocycles. The van der Waals surface area contributed by atoms with Crippen LogP contribution in [0.3, 0.4) is 0 Å². The van der Waals surface area contributed by atoms with Gasteiger partial charge in [-0.05, 0) is 31.7 Å². The van der Waals surface area contributed by atoms with E-state index in [0.717, 1.165) is 63.1 Å². The summed E-state index contributed by atoms with van der Waals surface area (Å²) in [5.74, 6) is -0.670. The Morgan fingerprint density at radius 3 is 3.04 bits per heavy atom. The second-order valence-electron chi connectivity index (χ2n) is 7.10. The van der Waals surface area contributed by atoms with Crippen LogP contribution >= 0.6 is 0 Å². The molecule has 2 fully saturated rings. The predicted octanol–water partition coefficient (Wildman–Crippen LogP) is 0.868. The molecular formula is C17H24N4O3.